The first kappa shape index (κ1) is 25.8. The van der Waals surface area contributed by atoms with Gasteiger partial charge < -0.3 is 4.74 Å². The molecule has 0 aliphatic rings. The number of esters is 1. The summed E-state index contributed by atoms with van der Waals surface area (Å²) in [5, 5.41) is 0. The standard InChI is InChI=1S/C23H43NO3/c1-6-8-9-10-11-12-13-14-15-16-20(25)17-18-23(3,4)19-24-21(7-2)22(26)27-5/h19,21H,6-18H2,1-5H3. The van der Waals surface area contributed by atoms with Crippen molar-refractivity contribution in [3.63, 3.8) is 0 Å². The molecule has 0 bridgehead atoms. The van der Waals surface area contributed by atoms with E-state index in [2.05, 4.69) is 25.8 Å². The van der Waals surface area contributed by atoms with Crippen LogP contribution in [0.1, 0.15) is 111 Å². The van der Waals surface area contributed by atoms with Gasteiger partial charge in [0.05, 0.1) is 7.11 Å². The molecular formula is C23H43NO3. The van der Waals surface area contributed by atoms with Gasteiger partial charge in [-0.3, -0.25) is 9.79 Å². The lowest BCUT2D eigenvalue weighted by Gasteiger charge is -2.19. The highest BCUT2D eigenvalue weighted by atomic mass is 16.5. The number of ketones is 1. The van der Waals surface area contributed by atoms with Crippen LogP contribution in [-0.4, -0.2) is 31.1 Å². The normalized spacial score (nSPS) is 13.1. The van der Waals surface area contributed by atoms with E-state index in [-0.39, 0.29) is 11.4 Å². The van der Waals surface area contributed by atoms with E-state index in [1.807, 2.05) is 13.1 Å². The Morgan fingerprint density at radius 1 is 0.926 bits per heavy atom. The average molecular weight is 382 g/mol. The SMILES string of the molecule is CCCCCCCCCCCC(=O)CCC(C)(C)C=NC(CC)C(=O)OC. The molecule has 0 aromatic heterocycles. The van der Waals surface area contributed by atoms with Crippen molar-refractivity contribution in [2.75, 3.05) is 7.11 Å². The Balaban J connectivity index is 3.90. The number of unbranched alkanes of at least 4 members (excludes halogenated alkanes) is 8. The van der Waals surface area contributed by atoms with E-state index in [0.29, 0.717) is 25.0 Å². The molecular weight excluding hydrogens is 338 g/mol. The molecule has 27 heavy (non-hydrogen) atoms. The molecule has 0 fully saturated rings. The first-order chi connectivity index (χ1) is 12.9. The number of hydrogen-bond donors (Lipinski definition) is 0. The Kier molecular flexibility index (Phi) is 15.1. The third-order valence-corrected chi connectivity index (χ3v) is 5.07. The number of aliphatic imine (C=N–C) groups is 1. The van der Waals surface area contributed by atoms with Gasteiger partial charge in [0, 0.05) is 24.5 Å². The third kappa shape index (κ3) is 14.5. The number of methoxy groups -OCH3 is 1. The lowest BCUT2D eigenvalue weighted by atomic mass is 9.87. The summed E-state index contributed by atoms with van der Waals surface area (Å²) in [6, 6.07) is -0.438. The van der Waals surface area contributed by atoms with Gasteiger partial charge in [0.1, 0.15) is 11.8 Å². The Morgan fingerprint density at radius 2 is 1.48 bits per heavy atom. The van der Waals surface area contributed by atoms with E-state index in [0.717, 1.165) is 12.8 Å². The van der Waals surface area contributed by atoms with Crippen molar-refractivity contribution < 1.29 is 14.3 Å². The van der Waals surface area contributed by atoms with Gasteiger partial charge >= 0.3 is 5.97 Å². The van der Waals surface area contributed by atoms with Crippen LogP contribution in [-0.2, 0) is 14.3 Å². The van der Waals surface area contributed by atoms with Gasteiger partial charge in [0.25, 0.3) is 0 Å². The molecule has 0 aromatic carbocycles. The van der Waals surface area contributed by atoms with E-state index in [9.17, 15) is 9.59 Å². The van der Waals surface area contributed by atoms with Crippen LogP contribution >= 0.6 is 0 Å². The van der Waals surface area contributed by atoms with Crippen molar-refractivity contribution in [1.29, 1.82) is 0 Å². The van der Waals surface area contributed by atoms with Crippen LogP contribution in [0.5, 0.6) is 0 Å². The summed E-state index contributed by atoms with van der Waals surface area (Å²) in [4.78, 5) is 28.1. The predicted octanol–water partition coefficient (Wildman–Crippen LogP) is 6.31. The fourth-order valence-corrected chi connectivity index (χ4v) is 3.04. The molecule has 0 aromatic rings. The van der Waals surface area contributed by atoms with Gasteiger partial charge in [-0.15, -0.1) is 0 Å². The molecule has 1 atom stereocenters. The molecule has 0 radical (unpaired) electrons. The summed E-state index contributed by atoms with van der Waals surface area (Å²) in [7, 11) is 1.39. The molecule has 0 N–H and O–H groups in total. The monoisotopic (exact) mass is 381 g/mol. The maximum atomic E-state index is 12.1. The Morgan fingerprint density at radius 3 is 2.00 bits per heavy atom. The summed E-state index contributed by atoms with van der Waals surface area (Å²) in [6.45, 7) is 8.29. The van der Waals surface area contributed by atoms with E-state index in [1.54, 1.807) is 0 Å². The van der Waals surface area contributed by atoms with Crippen LogP contribution in [0.4, 0.5) is 0 Å². The first-order valence-electron chi connectivity index (χ1n) is 11.0. The zero-order chi connectivity index (χ0) is 20.5. The fourth-order valence-electron chi connectivity index (χ4n) is 3.04. The highest BCUT2D eigenvalue weighted by Gasteiger charge is 2.20. The number of nitrogens with zero attached hydrogens (tertiary/aromatic N) is 1. The number of Topliss-reactive ketones (excluding diaryl/α,β-unsaturated/α-hetero) is 1. The maximum absolute atomic E-state index is 12.1. The van der Waals surface area contributed by atoms with Crippen molar-refractivity contribution >= 4 is 18.0 Å². The van der Waals surface area contributed by atoms with Crippen molar-refractivity contribution in [3.8, 4) is 0 Å². The maximum Gasteiger partial charge on any atom is 0.330 e. The van der Waals surface area contributed by atoms with Gasteiger partial charge in [-0.05, 0) is 19.3 Å². The molecule has 0 saturated heterocycles. The van der Waals surface area contributed by atoms with E-state index in [4.69, 9.17) is 4.74 Å². The second-order valence-corrected chi connectivity index (χ2v) is 8.33. The largest absolute Gasteiger partial charge is 0.467 e. The average Bonchev–Trinajstić information content (AvgIpc) is 2.65. The minimum Gasteiger partial charge on any atom is -0.467 e. The molecule has 1 unspecified atom stereocenters. The van der Waals surface area contributed by atoms with Crippen molar-refractivity contribution in [1.82, 2.24) is 0 Å². The van der Waals surface area contributed by atoms with Gasteiger partial charge in [-0.25, -0.2) is 4.79 Å². The summed E-state index contributed by atoms with van der Waals surface area (Å²) < 4.78 is 4.76. The third-order valence-electron chi connectivity index (χ3n) is 5.07. The van der Waals surface area contributed by atoms with Crippen molar-refractivity contribution in [2.45, 2.75) is 117 Å². The van der Waals surface area contributed by atoms with Crippen LogP contribution in [0.15, 0.2) is 4.99 Å². The molecule has 0 spiro atoms. The summed E-state index contributed by atoms with van der Waals surface area (Å²) in [5.74, 6) is 0.0467. The van der Waals surface area contributed by atoms with Crippen molar-refractivity contribution in [3.05, 3.63) is 0 Å². The topological polar surface area (TPSA) is 55.7 Å². The Hall–Kier alpha value is -1.19. The minimum absolute atomic E-state index is 0.185. The van der Waals surface area contributed by atoms with Gasteiger partial charge in [-0.2, -0.15) is 0 Å². The summed E-state index contributed by atoms with van der Waals surface area (Å²) >= 11 is 0. The molecule has 0 heterocycles. The molecule has 0 saturated carbocycles. The lowest BCUT2D eigenvalue weighted by Crippen LogP contribution is -2.22. The zero-order valence-corrected chi connectivity index (χ0v) is 18.5. The van der Waals surface area contributed by atoms with Crippen LogP contribution in [0.25, 0.3) is 0 Å². The highest BCUT2D eigenvalue weighted by Crippen LogP contribution is 2.21. The number of ether oxygens (including phenoxy) is 1. The van der Waals surface area contributed by atoms with Crippen LogP contribution in [0.3, 0.4) is 0 Å². The molecule has 4 heteroatoms. The van der Waals surface area contributed by atoms with E-state index in [1.165, 1.54) is 58.5 Å². The molecule has 0 aliphatic heterocycles. The smallest absolute Gasteiger partial charge is 0.330 e. The number of hydrogen-bond acceptors (Lipinski definition) is 4. The van der Waals surface area contributed by atoms with Crippen LogP contribution < -0.4 is 0 Å². The number of carbonyl (C=O) groups excluding carboxylic acids is 2. The van der Waals surface area contributed by atoms with Crippen molar-refractivity contribution in [2.24, 2.45) is 10.4 Å². The molecule has 4 nitrogen and oxygen atoms in total. The quantitative estimate of drug-likeness (QED) is 0.169. The fraction of sp³-hybridized carbons (Fsp3) is 0.870. The van der Waals surface area contributed by atoms with E-state index < -0.39 is 6.04 Å². The second kappa shape index (κ2) is 15.8. The van der Waals surface area contributed by atoms with E-state index >= 15 is 0 Å². The number of rotatable bonds is 17. The van der Waals surface area contributed by atoms with Crippen LogP contribution in [0, 0.1) is 5.41 Å². The predicted molar refractivity (Wildman–Crippen MR) is 114 cm³/mol. The first-order valence-corrected chi connectivity index (χ1v) is 11.0. The van der Waals surface area contributed by atoms with Gasteiger partial charge in [0.2, 0.25) is 0 Å². The number of carbonyl (C=O) groups is 2. The summed E-state index contributed by atoms with van der Waals surface area (Å²) in [5.41, 5.74) is -0.185. The molecule has 0 amide bonds. The Labute approximate surface area is 167 Å². The molecule has 0 aliphatic carbocycles. The molecule has 158 valence electrons. The lowest BCUT2D eigenvalue weighted by molar-refractivity contribution is -0.142. The summed E-state index contributed by atoms with van der Waals surface area (Å²) in [6.07, 6.45) is 16.0. The van der Waals surface area contributed by atoms with Crippen LogP contribution in [0.2, 0.25) is 0 Å². The Bertz CT molecular complexity index is 429. The minimum atomic E-state index is -0.438. The van der Waals surface area contributed by atoms with Gasteiger partial charge in [-0.1, -0.05) is 79.1 Å². The highest BCUT2D eigenvalue weighted by molar-refractivity contribution is 5.80. The molecule has 0 rings (SSSR count). The second-order valence-electron chi connectivity index (χ2n) is 8.33. The van der Waals surface area contributed by atoms with Gasteiger partial charge in [0.15, 0.2) is 0 Å². The zero-order valence-electron chi connectivity index (χ0n) is 18.5.